The molecule has 0 atom stereocenters. The van der Waals surface area contributed by atoms with Crippen molar-refractivity contribution in [3.05, 3.63) is 17.0 Å². The highest BCUT2D eigenvalue weighted by molar-refractivity contribution is 7.91. The maximum Gasteiger partial charge on any atom is 0.252 e. The normalized spacial score (nSPS) is 12.2. The Morgan fingerprint density at radius 1 is 1.40 bits per heavy atom. The molecule has 0 saturated heterocycles. The number of ether oxygens (including phenoxy) is 1. The van der Waals surface area contributed by atoms with E-state index in [1.807, 2.05) is 12.3 Å². The van der Waals surface area contributed by atoms with Gasteiger partial charge in [0.1, 0.15) is 4.21 Å². The first-order chi connectivity index (χ1) is 9.52. The third kappa shape index (κ3) is 5.14. The van der Waals surface area contributed by atoms with Gasteiger partial charge in [-0.15, -0.1) is 11.3 Å². The van der Waals surface area contributed by atoms with Gasteiger partial charge in [-0.05, 0) is 36.9 Å². The highest BCUT2D eigenvalue weighted by Gasteiger charge is 2.22. The van der Waals surface area contributed by atoms with E-state index in [1.165, 1.54) is 15.6 Å². The average molecular weight is 320 g/mol. The number of hydrogen-bond acceptors (Lipinski definition) is 5. The maximum atomic E-state index is 12.3. The standard InChI is InChI=1S/C13H24N2O3S2/c1-4-6-14-10-12-9-13(19-11-12)20(16,17)15(3)7-8-18-5-2/h9,11,14H,4-8,10H2,1-3H3. The Labute approximate surface area is 126 Å². The van der Waals surface area contributed by atoms with E-state index >= 15 is 0 Å². The van der Waals surface area contributed by atoms with Crippen molar-refractivity contribution >= 4 is 21.4 Å². The van der Waals surface area contributed by atoms with Gasteiger partial charge in [0.2, 0.25) is 0 Å². The van der Waals surface area contributed by atoms with Gasteiger partial charge < -0.3 is 10.1 Å². The molecule has 116 valence electrons. The summed E-state index contributed by atoms with van der Waals surface area (Å²) in [4.78, 5) is 0. The van der Waals surface area contributed by atoms with Crippen LogP contribution in [-0.4, -0.2) is 46.1 Å². The minimum Gasteiger partial charge on any atom is -0.380 e. The largest absolute Gasteiger partial charge is 0.380 e. The van der Waals surface area contributed by atoms with E-state index in [9.17, 15) is 8.42 Å². The lowest BCUT2D eigenvalue weighted by Crippen LogP contribution is -2.29. The Morgan fingerprint density at radius 3 is 2.80 bits per heavy atom. The maximum absolute atomic E-state index is 12.3. The smallest absolute Gasteiger partial charge is 0.252 e. The topological polar surface area (TPSA) is 58.6 Å². The van der Waals surface area contributed by atoms with Crippen LogP contribution in [0.15, 0.2) is 15.7 Å². The van der Waals surface area contributed by atoms with Gasteiger partial charge in [0, 0.05) is 26.7 Å². The first-order valence-electron chi connectivity index (χ1n) is 6.84. The fourth-order valence-corrected chi connectivity index (χ4v) is 4.18. The summed E-state index contributed by atoms with van der Waals surface area (Å²) in [5.74, 6) is 0. The molecule has 0 aromatic carbocycles. The van der Waals surface area contributed by atoms with E-state index in [4.69, 9.17) is 4.74 Å². The predicted octanol–water partition coefficient (Wildman–Crippen LogP) is 1.90. The van der Waals surface area contributed by atoms with Crippen LogP contribution in [0.5, 0.6) is 0 Å². The summed E-state index contributed by atoms with van der Waals surface area (Å²) in [6.45, 7) is 7.03. The molecule has 0 radical (unpaired) electrons. The van der Waals surface area contributed by atoms with Gasteiger partial charge in [-0.3, -0.25) is 0 Å². The second-order valence-electron chi connectivity index (χ2n) is 4.47. The molecule has 1 aromatic rings. The average Bonchev–Trinajstić information content (AvgIpc) is 2.88. The van der Waals surface area contributed by atoms with Crippen molar-refractivity contribution in [3.63, 3.8) is 0 Å². The van der Waals surface area contributed by atoms with Crippen molar-refractivity contribution in [1.82, 2.24) is 9.62 Å². The molecule has 0 spiro atoms. The van der Waals surface area contributed by atoms with Crippen LogP contribution in [0.3, 0.4) is 0 Å². The fraction of sp³-hybridized carbons (Fsp3) is 0.692. The van der Waals surface area contributed by atoms with Crippen LogP contribution < -0.4 is 5.32 Å². The number of hydrogen-bond donors (Lipinski definition) is 1. The third-order valence-corrected chi connectivity index (χ3v) is 6.13. The summed E-state index contributed by atoms with van der Waals surface area (Å²) in [5, 5.41) is 5.16. The van der Waals surface area contributed by atoms with Crippen LogP contribution in [0, 0.1) is 0 Å². The minimum absolute atomic E-state index is 0.373. The van der Waals surface area contributed by atoms with E-state index < -0.39 is 10.0 Å². The van der Waals surface area contributed by atoms with Crippen molar-refractivity contribution in [1.29, 1.82) is 0 Å². The number of sulfonamides is 1. The third-order valence-electron chi connectivity index (χ3n) is 2.80. The zero-order valence-electron chi connectivity index (χ0n) is 12.4. The van der Waals surface area contributed by atoms with Crippen LogP contribution in [0.1, 0.15) is 25.8 Å². The number of thiophene rings is 1. The molecule has 0 saturated carbocycles. The van der Waals surface area contributed by atoms with Crippen LogP contribution in [0.2, 0.25) is 0 Å². The highest BCUT2D eigenvalue weighted by atomic mass is 32.2. The molecule has 5 nitrogen and oxygen atoms in total. The Balaban J connectivity index is 2.62. The lowest BCUT2D eigenvalue weighted by Gasteiger charge is -2.15. The van der Waals surface area contributed by atoms with Crippen LogP contribution >= 0.6 is 11.3 Å². The van der Waals surface area contributed by atoms with E-state index in [-0.39, 0.29) is 0 Å². The molecule has 0 unspecified atom stereocenters. The van der Waals surface area contributed by atoms with Gasteiger partial charge in [-0.25, -0.2) is 8.42 Å². The monoisotopic (exact) mass is 320 g/mol. The van der Waals surface area contributed by atoms with Gasteiger partial charge in [-0.1, -0.05) is 6.92 Å². The van der Waals surface area contributed by atoms with Crippen molar-refractivity contribution in [2.24, 2.45) is 0 Å². The second-order valence-corrected chi connectivity index (χ2v) is 7.66. The van der Waals surface area contributed by atoms with E-state index in [1.54, 1.807) is 13.1 Å². The molecule has 20 heavy (non-hydrogen) atoms. The lowest BCUT2D eigenvalue weighted by atomic mass is 10.3. The number of nitrogens with one attached hydrogen (secondary N) is 1. The number of nitrogens with zero attached hydrogens (tertiary/aromatic N) is 1. The first kappa shape index (κ1) is 17.6. The first-order valence-corrected chi connectivity index (χ1v) is 9.16. The molecule has 1 aromatic heterocycles. The van der Waals surface area contributed by atoms with E-state index in [0.717, 1.165) is 18.5 Å². The van der Waals surface area contributed by atoms with Gasteiger partial charge in [0.25, 0.3) is 10.0 Å². The summed E-state index contributed by atoms with van der Waals surface area (Å²) in [6.07, 6.45) is 1.06. The Hall–Kier alpha value is -0.470. The summed E-state index contributed by atoms with van der Waals surface area (Å²) in [7, 11) is -1.80. The molecule has 0 aliphatic rings. The van der Waals surface area contributed by atoms with E-state index in [0.29, 0.717) is 30.5 Å². The zero-order chi connectivity index (χ0) is 15.0. The number of likely N-dealkylation sites (N-methyl/N-ethyl adjacent to an activating group) is 1. The Morgan fingerprint density at radius 2 is 2.15 bits per heavy atom. The summed E-state index contributed by atoms with van der Waals surface area (Å²) in [6, 6.07) is 1.75. The van der Waals surface area contributed by atoms with E-state index in [2.05, 4.69) is 12.2 Å². The van der Waals surface area contributed by atoms with Crippen LogP contribution in [0.25, 0.3) is 0 Å². The number of rotatable bonds is 10. The quantitative estimate of drug-likeness (QED) is 0.669. The fourth-order valence-electron chi connectivity index (χ4n) is 1.60. The van der Waals surface area contributed by atoms with Gasteiger partial charge in [0.15, 0.2) is 0 Å². The van der Waals surface area contributed by atoms with Crippen molar-refractivity contribution in [2.75, 3.05) is 33.4 Å². The molecule has 1 N–H and O–H groups in total. The second kappa shape index (κ2) is 8.74. The molecule has 0 aliphatic heterocycles. The van der Waals surface area contributed by atoms with Gasteiger partial charge in [0.05, 0.1) is 6.61 Å². The van der Waals surface area contributed by atoms with Gasteiger partial charge in [-0.2, -0.15) is 4.31 Å². The van der Waals surface area contributed by atoms with Crippen molar-refractivity contribution in [2.45, 2.75) is 31.0 Å². The summed E-state index contributed by atoms with van der Waals surface area (Å²) in [5.41, 5.74) is 1.01. The molecular weight excluding hydrogens is 296 g/mol. The molecule has 0 bridgehead atoms. The predicted molar refractivity (Wildman–Crippen MR) is 82.6 cm³/mol. The SMILES string of the molecule is CCCNCc1csc(S(=O)(=O)N(C)CCOCC)c1. The minimum atomic E-state index is -3.39. The molecule has 7 heteroatoms. The van der Waals surface area contributed by atoms with Crippen LogP contribution in [-0.2, 0) is 21.3 Å². The molecular formula is C13H24N2O3S2. The summed E-state index contributed by atoms with van der Waals surface area (Å²) >= 11 is 1.27. The molecule has 0 fully saturated rings. The molecule has 0 amide bonds. The highest BCUT2D eigenvalue weighted by Crippen LogP contribution is 2.23. The Bertz CT molecular complexity index is 486. The molecule has 1 heterocycles. The van der Waals surface area contributed by atoms with Crippen molar-refractivity contribution in [3.8, 4) is 0 Å². The lowest BCUT2D eigenvalue weighted by molar-refractivity contribution is 0.138. The zero-order valence-corrected chi connectivity index (χ0v) is 14.0. The summed E-state index contributed by atoms with van der Waals surface area (Å²) < 4.78 is 31.6. The molecule has 0 aliphatic carbocycles. The van der Waals surface area contributed by atoms with Crippen molar-refractivity contribution < 1.29 is 13.2 Å². The Kier molecular flexibility index (Phi) is 7.68. The van der Waals surface area contributed by atoms with Crippen LogP contribution in [0.4, 0.5) is 0 Å². The molecule has 1 rings (SSSR count). The van der Waals surface area contributed by atoms with Gasteiger partial charge >= 0.3 is 0 Å².